The minimum Gasteiger partial charge on any atom is -0.481 e. The first-order valence-corrected chi connectivity index (χ1v) is 10.3. The van der Waals surface area contributed by atoms with Gasteiger partial charge in [0.1, 0.15) is 18.1 Å². The van der Waals surface area contributed by atoms with Crippen LogP contribution in [0.1, 0.15) is 19.3 Å². The normalized spacial score (nSPS) is 14.4. The molecule has 0 aliphatic rings. The molecule has 0 fully saturated rings. The van der Waals surface area contributed by atoms with Crippen molar-refractivity contribution in [1.82, 2.24) is 16.0 Å². The maximum Gasteiger partial charge on any atom is 0.328 e. The summed E-state index contributed by atoms with van der Waals surface area (Å²) in [6.45, 7) is -0.889. The number of aliphatic hydroxyl groups is 1. The topological polar surface area (TPSA) is 251 Å². The van der Waals surface area contributed by atoms with Gasteiger partial charge in [-0.3, -0.25) is 24.0 Å². The zero-order chi connectivity index (χ0) is 24.1. The van der Waals surface area contributed by atoms with Crippen LogP contribution in [0.25, 0.3) is 0 Å². The zero-order valence-electron chi connectivity index (χ0n) is 16.7. The first-order chi connectivity index (χ1) is 14.4. The van der Waals surface area contributed by atoms with Crippen LogP contribution >= 0.6 is 11.8 Å². The van der Waals surface area contributed by atoms with E-state index >= 15 is 0 Å². The second-order valence-electron chi connectivity index (χ2n) is 6.36. The summed E-state index contributed by atoms with van der Waals surface area (Å²) in [7, 11) is 0. The van der Waals surface area contributed by atoms with Crippen molar-refractivity contribution in [2.75, 3.05) is 18.6 Å². The number of hydrogen-bond donors (Lipinski definition) is 8. The first kappa shape index (κ1) is 28.1. The molecule has 0 aliphatic heterocycles. The van der Waals surface area contributed by atoms with Crippen molar-refractivity contribution in [1.29, 1.82) is 0 Å². The van der Waals surface area contributed by atoms with Crippen molar-refractivity contribution >= 4 is 47.3 Å². The van der Waals surface area contributed by atoms with Crippen LogP contribution in [-0.4, -0.2) is 93.7 Å². The highest BCUT2D eigenvalue weighted by molar-refractivity contribution is 7.98. The van der Waals surface area contributed by atoms with E-state index in [2.05, 4.69) is 16.0 Å². The maximum absolute atomic E-state index is 12.6. The second kappa shape index (κ2) is 14.2. The molecule has 10 N–H and O–H groups in total. The van der Waals surface area contributed by atoms with Crippen LogP contribution in [0.2, 0.25) is 0 Å². The summed E-state index contributed by atoms with van der Waals surface area (Å²) in [5.41, 5.74) is 10.4. The molecule has 0 bridgehead atoms. The first-order valence-electron chi connectivity index (χ1n) is 8.92. The average molecular weight is 465 g/mol. The van der Waals surface area contributed by atoms with Crippen LogP contribution in [0.3, 0.4) is 0 Å². The number of rotatable bonds is 15. The maximum atomic E-state index is 12.6. The van der Waals surface area contributed by atoms with Gasteiger partial charge in [0, 0.05) is 0 Å². The average Bonchev–Trinajstić information content (AvgIpc) is 2.66. The van der Waals surface area contributed by atoms with Crippen LogP contribution in [0.15, 0.2) is 0 Å². The molecule has 0 heterocycles. The van der Waals surface area contributed by atoms with E-state index in [0.717, 1.165) is 0 Å². The summed E-state index contributed by atoms with van der Waals surface area (Å²) in [4.78, 5) is 69.9. The van der Waals surface area contributed by atoms with E-state index in [1.54, 1.807) is 6.26 Å². The van der Waals surface area contributed by atoms with E-state index in [1.807, 2.05) is 0 Å². The fraction of sp³-hybridized carbons (Fsp3) is 0.625. The molecule has 0 aromatic carbocycles. The van der Waals surface area contributed by atoms with Crippen LogP contribution < -0.4 is 27.4 Å². The molecule has 176 valence electrons. The highest BCUT2D eigenvalue weighted by atomic mass is 32.2. The molecule has 0 aliphatic carbocycles. The Balaban J connectivity index is 5.40. The lowest BCUT2D eigenvalue weighted by Crippen LogP contribution is -2.58. The number of amides is 4. The molecule has 0 aromatic rings. The van der Waals surface area contributed by atoms with Crippen LogP contribution in [0, 0.1) is 0 Å². The Morgan fingerprint density at radius 1 is 0.871 bits per heavy atom. The quantitative estimate of drug-likeness (QED) is 0.115. The number of carboxylic acid groups (broad SMARTS) is 2. The molecule has 0 saturated heterocycles. The van der Waals surface area contributed by atoms with Gasteiger partial charge in [0.2, 0.25) is 23.6 Å². The third kappa shape index (κ3) is 11.2. The Morgan fingerprint density at radius 3 is 1.84 bits per heavy atom. The summed E-state index contributed by atoms with van der Waals surface area (Å²) in [6.07, 6.45) is 0.374. The van der Waals surface area contributed by atoms with Crippen molar-refractivity contribution in [3.05, 3.63) is 0 Å². The van der Waals surface area contributed by atoms with Gasteiger partial charge in [-0.2, -0.15) is 11.8 Å². The Kier molecular flexibility index (Phi) is 12.8. The molecule has 0 rings (SSSR count). The van der Waals surface area contributed by atoms with Gasteiger partial charge in [0.25, 0.3) is 0 Å². The lowest BCUT2D eigenvalue weighted by atomic mass is 10.1. The van der Waals surface area contributed by atoms with E-state index in [0.29, 0.717) is 5.75 Å². The fourth-order valence-corrected chi connectivity index (χ4v) is 2.68. The van der Waals surface area contributed by atoms with E-state index in [9.17, 15) is 28.8 Å². The van der Waals surface area contributed by atoms with Gasteiger partial charge in [0.15, 0.2) is 0 Å². The molecule has 4 amide bonds. The van der Waals surface area contributed by atoms with Gasteiger partial charge >= 0.3 is 11.9 Å². The number of hydrogen-bond acceptors (Lipinski definition) is 9. The van der Waals surface area contributed by atoms with Gasteiger partial charge in [-0.25, -0.2) is 4.79 Å². The predicted octanol–water partition coefficient (Wildman–Crippen LogP) is -4.05. The second-order valence-corrected chi connectivity index (χ2v) is 7.35. The summed E-state index contributed by atoms with van der Waals surface area (Å²) in [6, 6.07) is -5.94. The molecule has 31 heavy (non-hydrogen) atoms. The Morgan fingerprint density at radius 2 is 1.39 bits per heavy atom. The highest BCUT2D eigenvalue weighted by Crippen LogP contribution is 2.04. The number of carbonyl (C=O) groups is 6. The molecule has 4 atom stereocenters. The van der Waals surface area contributed by atoms with Gasteiger partial charge in [0.05, 0.1) is 25.5 Å². The SMILES string of the molecule is CSCCC(NC(=O)C(CC(=O)O)NC(=O)C(N)CC(N)=O)C(=O)NC(CO)C(=O)O. The zero-order valence-corrected chi connectivity index (χ0v) is 17.5. The van der Waals surface area contributed by atoms with Crippen molar-refractivity contribution in [3.63, 3.8) is 0 Å². The largest absolute Gasteiger partial charge is 0.481 e. The number of carboxylic acids is 2. The molecule has 14 nitrogen and oxygen atoms in total. The molecule has 4 unspecified atom stereocenters. The van der Waals surface area contributed by atoms with Gasteiger partial charge in [-0.1, -0.05) is 0 Å². The lowest BCUT2D eigenvalue weighted by Gasteiger charge is -2.24. The predicted molar refractivity (Wildman–Crippen MR) is 108 cm³/mol. The number of aliphatic carboxylic acids is 2. The van der Waals surface area contributed by atoms with E-state index in [-0.39, 0.29) is 6.42 Å². The molecular formula is C16H27N5O9S. The van der Waals surface area contributed by atoms with Gasteiger partial charge in [-0.05, 0) is 18.4 Å². The number of aliphatic hydroxyl groups excluding tert-OH is 1. The number of nitrogens with two attached hydrogens (primary N) is 2. The van der Waals surface area contributed by atoms with Crippen LogP contribution in [-0.2, 0) is 28.8 Å². The molecular weight excluding hydrogens is 438 g/mol. The van der Waals surface area contributed by atoms with Gasteiger partial charge in [-0.15, -0.1) is 0 Å². The number of nitrogens with one attached hydrogen (secondary N) is 3. The molecule has 15 heteroatoms. The summed E-state index contributed by atoms with van der Waals surface area (Å²) in [5, 5.41) is 33.4. The minimum atomic E-state index is -1.64. The molecule has 0 spiro atoms. The Labute approximate surface area is 181 Å². The lowest BCUT2D eigenvalue weighted by molar-refractivity contribution is -0.144. The fourth-order valence-electron chi connectivity index (χ4n) is 2.21. The van der Waals surface area contributed by atoms with Crippen LogP contribution in [0.5, 0.6) is 0 Å². The van der Waals surface area contributed by atoms with E-state index in [4.69, 9.17) is 26.8 Å². The number of primary amides is 1. The minimum absolute atomic E-state index is 0.0471. The standard InChI is InChI=1S/C16H27N5O9S/c1-31-3-2-8(14(27)21-10(6-22)16(29)30)19-15(28)9(5-12(24)25)20-13(26)7(17)4-11(18)23/h7-10,22H,2-6,17H2,1H3,(H2,18,23)(H,19,28)(H,20,26)(H,21,27)(H,24,25)(H,29,30). The smallest absolute Gasteiger partial charge is 0.328 e. The van der Waals surface area contributed by atoms with Crippen molar-refractivity contribution in [2.45, 2.75) is 43.4 Å². The Hall–Kier alpha value is -2.91. The van der Waals surface area contributed by atoms with E-state index in [1.165, 1.54) is 11.8 Å². The summed E-state index contributed by atoms with van der Waals surface area (Å²) >= 11 is 1.32. The van der Waals surface area contributed by atoms with Crippen molar-refractivity contribution in [3.8, 4) is 0 Å². The highest BCUT2D eigenvalue weighted by Gasteiger charge is 2.31. The van der Waals surface area contributed by atoms with Crippen LogP contribution in [0.4, 0.5) is 0 Å². The molecule has 0 aromatic heterocycles. The summed E-state index contributed by atoms with van der Waals surface area (Å²) < 4.78 is 0. The van der Waals surface area contributed by atoms with E-state index < -0.39 is 79.2 Å². The third-order valence-electron chi connectivity index (χ3n) is 3.81. The summed E-state index contributed by atoms with van der Waals surface area (Å²) in [5.74, 6) is -6.42. The number of thioether (sulfide) groups is 1. The third-order valence-corrected chi connectivity index (χ3v) is 4.45. The molecule has 0 saturated carbocycles. The van der Waals surface area contributed by atoms with Crippen molar-refractivity contribution in [2.24, 2.45) is 11.5 Å². The monoisotopic (exact) mass is 465 g/mol. The van der Waals surface area contributed by atoms with Gasteiger partial charge < -0.3 is 42.7 Å². The Bertz CT molecular complexity index is 690. The molecule has 0 radical (unpaired) electrons. The van der Waals surface area contributed by atoms with Crippen molar-refractivity contribution < 1.29 is 44.1 Å². The number of carbonyl (C=O) groups excluding carboxylic acids is 4.